The van der Waals surface area contributed by atoms with Crippen LogP contribution in [0.2, 0.25) is 0 Å². The number of para-hydroxylation sites is 1. The number of nitrogens with one attached hydrogen (secondary N) is 1. The van der Waals surface area contributed by atoms with E-state index in [2.05, 4.69) is 46.6 Å². The summed E-state index contributed by atoms with van der Waals surface area (Å²) >= 11 is 3.43. The summed E-state index contributed by atoms with van der Waals surface area (Å²) in [6.45, 7) is 10.9. The van der Waals surface area contributed by atoms with Crippen LogP contribution in [-0.4, -0.2) is 10.5 Å². The molecule has 1 N–H and O–H groups in total. The van der Waals surface area contributed by atoms with Gasteiger partial charge in [-0.25, -0.2) is 0 Å². The van der Waals surface area contributed by atoms with Gasteiger partial charge in [0.05, 0.1) is 4.47 Å². The van der Waals surface area contributed by atoms with Gasteiger partial charge in [0, 0.05) is 23.6 Å². The van der Waals surface area contributed by atoms with E-state index in [9.17, 15) is 9.59 Å². The van der Waals surface area contributed by atoms with Crippen molar-refractivity contribution in [1.82, 2.24) is 4.57 Å². The first-order valence-electron chi connectivity index (χ1n) is 10.7. The van der Waals surface area contributed by atoms with Gasteiger partial charge in [0.1, 0.15) is 5.56 Å². The lowest BCUT2D eigenvalue weighted by atomic mass is 10.0. The molecule has 1 aromatic carbocycles. The zero-order chi connectivity index (χ0) is 21.6. The smallest absolute Gasteiger partial charge is 0.261 e. The summed E-state index contributed by atoms with van der Waals surface area (Å²) < 4.78 is 2.57. The second-order valence-electron chi connectivity index (χ2n) is 7.51. The van der Waals surface area contributed by atoms with E-state index >= 15 is 0 Å². The third kappa shape index (κ3) is 5.19. The number of carbonyl (C=O) groups is 1. The van der Waals surface area contributed by atoms with E-state index in [1.165, 1.54) is 12.8 Å². The highest BCUT2D eigenvalue weighted by molar-refractivity contribution is 9.10. The van der Waals surface area contributed by atoms with Gasteiger partial charge in [-0.05, 0) is 60.2 Å². The number of pyridine rings is 1. The predicted molar refractivity (Wildman–Crippen MR) is 125 cm³/mol. The van der Waals surface area contributed by atoms with Crippen LogP contribution < -0.4 is 10.7 Å². The van der Waals surface area contributed by atoms with Crippen molar-refractivity contribution in [3.8, 4) is 0 Å². The van der Waals surface area contributed by atoms with Gasteiger partial charge in [0.25, 0.3) is 5.91 Å². The Balaban J connectivity index is 2.45. The number of anilines is 1. The molecule has 29 heavy (non-hydrogen) atoms. The average molecular weight is 461 g/mol. The Kier molecular flexibility index (Phi) is 8.69. The zero-order valence-electron chi connectivity index (χ0n) is 18.3. The molecule has 0 aliphatic rings. The molecule has 1 heterocycles. The monoisotopic (exact) mass is 460 g/mol. The summed E-state index contributed by atoms with van der Waals surface area (Å²) in [5, 5.41) is 3.06. The Morgan fingerprint density at radius 2 is 1.62 bits per heavy atom. The second-order valence-corrected chi connectivity index (χ2v) is 8.31. The molecule has 2 rings (SSSR count). The molecule has 0 aliphatic carbocycles. The van der Waals surface area contributed by atoms with Crippen molar-refractivity contribution >= 4 is 27.5 Å². The Bertz CT molecular complexity index is 909. The maximum Gasteiger partial charge on any atom is 0.261 e. The fourth-order valence-corrected chi connectivity index (χ4v) is 4.23. The number of aromatic nitrogens is 1. The lowest BCUT2D eigenvalue weighted by Crippen LogP contribution is -2.29. The number of unbranched alkanes of at least 4 members (excludes halogenated alkanes) is 3. The van der Waals surface area contributed by atoms with E-state index in [1.807, 2.05) is 32.0 Å². The zero-order valence-corrected chi connectivity index (χ0v) is 19.9. The van der Waals surface area contributed by atoms with E-state index in [1.54, 1.807) is 0 Å². The third-order valence-corrected chi connectivity index (χ3v) is 6.55. The van der Waals surface area contributed by atoms with Gasteiger partial charge in [0.2, 0.25) is 5.43 Å². The number of carbonyl (C=O) groups excluding carboxylic acids is 1. The maximum atomic E-state index is 13.2. The summed E-state index contributed by atoms with van der Waals surface area (Å²) in [6, 6.07) is 6.07. The van der Waals surface area contributed by atoms with Crippen molar-refractivity contribution in [2.24, 2.45) is 0 Å². The van der Waals surface area contributed by atoms with E-state index in [4.69, 9.17) is 0 Å². The van der Waals surface area contributed by atoms with Gasteiger partial charge in [-0.2, -0.15) is 0 Å². The highest BCUT2D eigenvalue weighted by Crippen LogP contribution is 2.24. The van der Waals surface area contributed by atoms with Crippen LogP contribution in [0.1, 0.15) is 79.3 Å². The minimum atomic E-state index is -0.328. The molecule has 0 atom stereocenters. The van der Waals surface area contributed by atoms with Gasteiger partial charge in [-0.15, -0.1) is 0 Å². The molecule has 1 amide bonds. The summed E-state index contributed by atoms with van der Waals surface area (Å²) in [4.78, 5) is 26.2. The molecular formula is C24H33BrN2O2. The highest BCUT2D eigenvalue weighted by atomic mass is 79.9. The summed E-state index contributed by atoms with van der Waals surface area (Å²) in [7, 11) is 0. The number of amides is 1. The summed E-state index contributed by atoms with van der Waals surface area (Å²) in [5.41, 5.74) is 4.61. The van der Waals surface area contributed by atoms with Crippen molar-refractivity contribution in [2.75, 3.05) is 5.32 Å². The Morgan fingerprint density at radius 3 is 2.17 bits per heavy atom. The largest absolute Gasteiger partial charge is 0.347 e. The fourth-order valence-electron chi connectivity index (χ4n) is 3.82. The van der Waals surface area contributed by atoms with Crippen LogP contribution >= 0.6 is 15.9 Å². The number of hydrogen-bond acceptors (Lipinski definition) is 2. The van der Waals surface area contributed by atoms with Gasteiger partial charge in [-0.1, -0.05) is 58.2 Å². The molecule has 0 spiro atoms. The number of halogens is 1. The number of nitrogens with zero attached hydrogens (tertiary/aromatic N) is 1. The highest BCUT2D eigenvalue weighted by Gasteiger charge is 2.22. The minimum Gasteiger partial charge on any atom is -0.347 e. The molecule has 1 aromatic heterocycles. The normalized spacial score (nSPS) is 11.0. The minimum absolute atomic E-state index is 0.228. The lowest BCUT2D eigenvalue weighted by molar-refractivity contribution is 0.102. The Hall–Kier alpha value is -1.88. The number of rotatable bonds is 9. The number of hydrogen-bond donors (Lipinski definition) is 1. The first-order valence-corrected chi connectivity index (χ1v) is 11.5. The maximum absolute atomic E-state index is 13.2. The first-order chi connectivity index (χ1) is 13.9. The van der Waals surface area contributed by atoms with Crippen LogP contribution in [0.5, 0.6) is 0 Å². The molecule has 2 aromatic rings. The molecule has 0 bridgehead atoms. The number of aryl methyl sites for hydroxylation is 2. The van der Waals surface area contributed by atoms with Crippen molar-refractivity contribution < 1.29 is 4.79 Å². The summed E-state index contributed by atoms with van der Waals surface area (Å²) in [5.74, 6) is -0.328. The second kappa shape index (κ2) is 10.8. The lowest BCUT2D eigenvalue weighted by Gasteiger charge is -2.20. The van der Waals surface area contributed by atoms with Crippen molar-refractivity contribution in [1.29, 1.82) is 0 Å². The average Bonchev–Trinajstić information content (AvgIpc) is 2.71. The number of benzene rings is 1. The molecule has 0 saturated heterocycles. The Morgan fingerprint density at radius 1 is 1.00 bits per heavy atom. The molecule has 0 radical (unpaired) electrons. The predicted octanol–water partition coefficient (Wildman–Crippen LogP) is 6.19. The SMILES string of the molecule is CCCCCCn1c(C)c(Br)c(=O)c(C(=O)Nc2c(CC)cccc2CC)c1C. The van der Waals surface area contributed by atoms with Crippen molar-refractivity contribution in [2.45, 2.75) is 79.7 Å². The van der Waals surface area contributed by atoms with Gasteiger partial charge < -0.3 is 9.88 Å². The topological polar surface area (TPSA) is 51.1 Å². The molecule has 5 heteroatoms. The van der Waals surface area contributed by atoms with Crippen LogP contribution in [0.15, 0.2) is 27.5 Å². The van der Waals surface area contributed by atoms with Crippen molar-refractivity contribution in [3.63, 3.8) is 0 Å². The van der Waals surface area contributed by atoms with Crippen LogP contribution in [0.4, 0.5) is 5.69 Å². The molecule has 0 fully saturated rings. The standard InChI is InChI=1S/C24H33BrN2O2/c1-6-9-10-11-15-27-16(4)20(23(28)21(25)17(27)5)24(29)26-22-18(7-2)13-12-14-19(22)8-3/h12-14H,6-11,15H2,1-5H3,(H,26,29). The summed E-state index contributed by atoms with van der Waals surface area (Å²) in [6.07, 6.45) is 6.19. The van der Waals surface area contributed by atoms with E-state index in [-0.39, 0.29) is 16.9 Å². The van der Waals surface area contributed by atoms with E-state index in [0.29, 0.717) is 4.47 Å². The first kappa shape index (κ1) is 23.4. The molecule has 0 aliphatic heterocycles. The van der Waals surface area contributed by atoms with Gasteiger partial charge in [0.15, 0.2) is 0 Å². The van der Waals surface area contributed by atoms with E-state index < -0.39 is 0 Å². The van der Waals surface area contributed by atoms with Gasteiger partial charge >= 0.3 is 0 Å². The fraction of sp³-hybridized carbons (Fsp3) is 0.500. The molecule has 0 saturated carbocycles. The van der Waals surface area contributed by atoms with Crippen molar-refractivity contribution in [3.05, 3.63) is 61.0 Å². The third-order valence-electron chi connectivity index (χ3n) is 5.62. The van der Waals surface area contributed by atoms with Crippen LogP contribution in [0, 0.1) is 13.8 Å². The van der Waals surface area contributed by atoms with Crippen LogP contribution in [0.3, 0.4) is 0 Å². The molecule has 0 unspecified atom stereocenters. The molecule has 4 nitrogen and oxygen atoms in total. The Labute approximate surface area is 182 Å². The quantitative estimate of drug-likeness (QED) is 0.453. The van der Waals surface area contributed by atoms with Crippen LogP contribution in [-0.2, 0) is 19.4 Å². The molecular weight excluding hydrogens is 428 g/mol. The van der Waals surface area contributed by atoms with E-state index in [0.717, 1.165) is 60.4 Å². The van der Waals surface area contributed by atoms with Gasteiger partial charge in [-0.3, -0.25) is 9.59 Å². The van der Waals surface area contributed by atoms with Crippen LogP contribution in [0.25, 0.3) is 0 Å². The molecule has 158 valence electrons.